The number of aliphatic hydroxyl groups excluding tert-OH is 1. The number of nitrogens with one attached hydrogen (secondary N) is 1. The fraction of sp³-hybridized carbons (Fsp3) is 0.353. The lowest BCUT2D eigenvalue weighted by Gasteiger charge is -2.22. The highest BCUT2D eigenvalue weighted by Crippen LogP contribution is 2.23. The monoisotopic (exact) mass is 284 g/mol. The lowest BCUT2D eigenvalue weighted by atomic mass is 10.1. The predicted molar refractivity (Wildman–Crippen MR) is 84.3 cm³/mol. The molecule has 4 heteroatoms. The molecule has 3 rings (SSSR count). The van der Waals surface area contributed by atoms with Crippen LogP contribution >= 0.6 is 0 Å². The molecular formula is C17H20N2O2. The number of hydrogen-bond acceptors (Lipinski definition) is 3. The summed E-state index contributed by atoms with van der Waals surface area (Å²) in [5.74, 6) is -0.0216. The number of carbonyl (C=O) groups excluding carboxylic acids is 1. The predicted octanol–water partition coefficient (Wildman–Crippen LogP) is 2.24. The van der Waals surface area contributed by atoms with E-state index in [1.807, 2.05) is 42.5 Å². The molecule has 4 nitrogen and oxygen atoms in total. The molecule has 0 unspecified atom stereocenters. The van der Waals surface area contributed by atoms with Crippen LogP contribution in [0.1, 0.15) is 12.8 Å². The van der Waals surface area contributed by atoms with Gasteiger partial charge in [0.15, 0.2) is 0 Å². The number of amides is 1. The molecule has 1 saturated heterocycles. The van der Waals surface area contributed by atoms with Gasteiger partial charge in [-0.3, -0.25) is 9.69 Å². The maximum Gasteiger partial charge on any atom is 0.238 e. The summed E-state index contributed by atoms with van der Waals surface area (Å²) in [5, 5.41) is 14.5. The molecule has 2 aromatic carbocycles. The smallest absolute Gasteiger partial charge is 0.238 e. The van der Waals surface area contributed by atoms with Crippen molar-refractivity contribution in [1.29, 1.82) is 0 Å². The number of benzene rings is 2. The standard InChI is InChI=1S/C17H20N2O2/c20-12-14-7-4-10-19(14)11-17(21)18-16-9-3-6-13-5-1-2-8-15(13)16/h1-3,5-6,8-9,14,20H,4,7,10-12H2,(H,18,21)/t14-/m1/s1. The average Bonchev–Trinajstić information content (AvgIpc) is 2.94. The molecule has 0 aromatic heterocycles. The highest BCUT2D eigenvalue weighted by Gasteiger charge is 2.25. The average molecular weight is 284 g/mol. The van der Waals surface area contributed by atoms with Gasteiger partial charge in [-0.1, -0.05) is 36.4 Å². The van der Waals surface area contributed by atoms with E-state index in [4.69, 9.17) is 0 Å². The first kappa shape index (κ1) is 14.0. The molecule has 0 bridgehead atoms. The van der Waals surface area contributed by atoms with Gasteiger partial charge in [-0.2, -0.15) is 0 Å². The SMILES string of the molecule is O=C(CN1CCC[C@@H]1CO)Nc1cccc2ccccc12. The zero-order chi connectivity index (χ0) is 14.7. The first-order valence-corrected chi connectivity index (χ1v) is 7.40. The number of aliphatic hydroxyl groups is 1. The van der Waals surface area contributed by atoms with Gasteiger partial charge in [0.2, 0.25) is 5.91 Å². The molecule has 0 radical (unpaired) electrons. The Morgan fingerprint density at radius 3 is 2.90 bits per heavy atom. The number of carbonyl (C=O) groups is 1. The first-order valence-electron chi connectivity index (χ1n) is 7.40. The van der Waals surface area contributed by atoms with Crippen LogP contribution in [0.3, 0.4) is 0 Å². The number of fused-ring (bicyclic) bond motifs is 1. The van der Waals surface area contributed by atoms with Crippen molar-refractivity contribution in [2.45, 2.75) is 18.9 Å². The van der Waals surface area contributed by atoms with Crippen molar-refractivity contribution in [3.8, 4) is 0 Å². The molecule has 1 aliphatic heterocycles. The van der Waals surface area contributed by atoms with Crippen molar-refractivity contribution >= 4 is 22.4 Å². The summed E-state index contributed by atoms with van der Waals surface area (Å²) in [5.41, 5.74) is 0.845. The number of nitrogens with zero attached hydrogens (tertiary/aromatic N) is 1. The van der Waals surface area contributed by atoms with Crippen molar-refractivity contribution in [3.05, 3.63) is 42.5 Å². The molecule has 21 heavy (non-hydrogen) atoms. The second-order valence-corrected chi connectivity index (χ2v) is 5.52. The van der Waals surface area contributed by atoms with Gasteiger partial charge in [0.1, 0.15) is 0 Å². The van der Waals surface area contributed by atoms with E-state index in [1.165, 1.54) is 0 Å². The highest BCUT2D eigenvalue weighted by atomic mass is 16.3. The molecule has 2 N–H and O–H groups in total. The summed E-state index contributed by atoms with van der Waals surface area (Å²) in [7, 11) is 0. The Labute approximate surface area is 124 Å². The van der Waals surface area contributed by atoms with E-state index in [9.17, 15) is 9.90 Å². The Balaban J connectivity index is 1.72. The summed E-state index contributed by atoms with van der Waals surface area (Å²) >= 11 is 0. The van der Waals surface area contributed by atoms with Gasteiger partial charge in [-0.25, -0.2) is 0 Å². The molecule has 1 atom stereocenters. The molecule has 110 valence electrons. The number of rotatable bonds is 4. The van der Waals surface area contributed by atoms with Crippen LogP contribution in [0, 0.1) is 0 Å². The van der Waals surface area contributed by atoms with Crippen LogP contribution in [0.4, 0.5) is 5.69 Å². The molecule has 1 aliphatic rings. The lowest BCUT2D eigenvalue weighted by molar-refractivity contribution is -0.117. The van der Waals surface area contributed by atoms with Crippen LogP contribution in [0.25, 0.3) is 10.8 Å². The Hall–Kier alpha value is -1.91. The summed E-state index contributed by atoms with van der Waals surface area (Å²) in [6, 6.07) is 14.0. The second kappa shape index (κ2) is 6.24. The lowest BCUT2D eigenvalue weighted by Crippen LogP contribution is -2.38. The Morgan fingerprint density at radius 2 is 2.05 bits per heavy atom. The van der Waals surface area contributed by atoms with E-state index in [-0.39, 0.29) is 18.6 Å². The van der Waals surface area contributed by atoms with E-state index >= 15 is 0 Å². The van der Waals surface area contributed by atoms with E-state index in [2.05, 4.69) is 10.2 Å². The van der Waals surface area contributed by atoms with Crippen molar-refractivity contribution in [3.63, 3.8) is 0 Å². The van der Waals surface area contributed by atoms with Crippen LogP contribution in [0.2, 0.25) is 0 Å². The van der Waals surface area contributed by atoms with Gasteiger partial charge in [0.25, 0.3) is 0 Å². The minimum absolute atomic E-state index is 0.0216. The zero-order valence-electron chi connectivity index (χ0n) is 12.0. The third kappa shape index (κ3) is 3.06. The van der Waals surface area contributed by atoms with Crippen molar-refractivity contribution < 1.29 is 9.90 Å². The van der Waals surface area contributed by atoms with Gasteiger partial charge in [0.05, 0.1) is 13.2 Å². The first-order chi connectivity index (χ1) is 10.3. The maximum absolute atomic E-state index is 12.2. The summed E-state index contributed by atoms with van der Waals surface area (Å²) in [6.45, 7) is 1.35. The Kier molecular flexibility index (Phi) is 4.18. The number of hydrogen-bond donors (Lipinski definition) is 2. The second-order valence-electron chi connectivity index (χ2n) is 5.52. The molecule has 0 spiro atoms. The van der Waals surface area contributed by atoms with Crippen molar-refractivity contribution in [2.24, 2.45) is 0 Å². The van der Waals surface area contributed by atoms with Crippen LogP contribution in [-0.2, 0) is 4.79 Å². The maximum atomic E-state index is 12.2. The topological polar surface area (TPSA) is 52.6 Å². The Bertz CT molecular complexity index is 636. The quantitative estimate of drug-likeness (QED) is 0.905. The third-order valence-corrected chi connectivity index (χ3v) is 4.12. The van der Waals surface area contributed by atoms with Gasteiger partial charge in [-0.05, 0) is 30.8 Å². The van der Waals surface area contributed by atoms with E-state index < -0.39 is 0 Å². The molecule has 1 amide bonds. The molecule has 0 aliphatic carbocycles. The van der Waals surface area contributed by atoms with Crippen LogP contribution < -0.4 is 5.32 Å². The number of anilines is 1. The molecular weight excluding hydrogens is 264 g/mol. The summed E-state index contributed by atoms with van der Waals surface area (Å²) in [4.78, 5) is 14.3. The van der Waals surface area contributed by atoms with Gasteiger partial charge < -0.3 is 10.4 Å². The molecule has 0 saturated carbocycles. The van der Waals surface area contributed by atoms with Gasteiger partial charge in [-0.15, -0.1) is 0 Å². The summed E-state index contributed by atoms with van der Waals surface area (Å²) < 4.78 is 0. The molecule has 2 aromatic rings. The van der Waals surface area contributed by atoms with Crippen LogP contribution in [0.15, 0.2) is 42.5 Å². The largest absolute Gasteiger partial charge is 0.395 e. The van der Waals surface area contributed by atoms with Crippen molar-refractivity contribution in [1.82, 2.24) is 4.90 Å². The Morgan fingerprint density at radius 1 is 1.24 bits per heavy atom. The van der Waals surface area contributed by atoms with Gasteiger partial charge in [0, 0.05) is 17.1 Å². The van der Waals surface area contributed by atoms with Crippen LogP contribution in [0.5, 0.6) is 0 Å². The number of likely N-dealkylation sites (tertiary alicyclic amines) is 1. The zero-order valence-corrected chi connectivity index (χ0v) is 12.0. The van der Waals surface area contributed by atoms with E-state index in [0.29, 0.717) is 6.54 Å². The third-order valence-electron chi connectivity index (χ3n) is 4.12. The van der Waals surface area contributed by atoms with E-state index in [1.54, 1.807) is 0 Å². The van der Waals surface area contributed by atoms with E-state index in [0.717, 1.165) is 35.8 Å². The minimum atomic E-state index is -0.0216. The van der Waals surface area contributed by atoms with Gasteiger partial charge >= 0.3 is 0 Å². The minimum Gasteiger partial charge on any atom is -0.395 e. The summed E-state index contributed by atoms with van der Waals surface area (Å²) in [6.07, 6.45) is 2.02. The van der Waals surface area contributed by atoms with Crippen molar-refractivity contribution in [2.75, 3.05) is 25.0 Å². The molecule has 1 fully saturated rings. The fourth-order valence-electron chi connectivity index (χ4n) is 3.02. The van der Waals surface area contributed by atoms with Crippen LogP contribution in [-0.4, -0.2) is 41.7 Å². The molecule has 1 heterocycles. The highest BCUT2D eigenvalue weighted by molar-refractivity contribution is 6.02. The normalized spacial score (nSPS) is 19.0. The fourth-order valence-corrected chi connectivity index (χ4v) is 3.02.